The van der Waals surface area contributed by atoms with Crippen molar-refractivity contribution in [1.82, 2.24) is 14.8 Å². The number of hydrogen-bond acceptors (Lipinski definition) is 6. The van der Waals surface area contributed by atoms with Gasteiger partial charge >= 0.3 is 5.63 Å². The summed E-state index contributed by atoms with van der Waals surface area (Å²) in [6.07, 6.45) is 0.511. The molecule has 0 amide bonds. The summed E-state index contributed by atoms with van der Waals surface area (Å²) >= 11 is 0. The first-order chi connectivity index (χ1) is 17.0. The average Bonchev–Trinajstić information content (AvgIpc) is 3.42. The van der Waals surface area contributed by atoms with Gasteiger partial charge in [-0.1, -0.05) is 48.5 Å². The highest BCUT2D eigenvalue weighted by atomic mass is 16.5. The predicted octanol–water partition coefficient (Wildman–Crippen LogP) is 4.84. The third kappa shape index (κ3) is 3.35. The Morgan fingerprint density at radius 1 is 0.857 bits per heavy atom. The summed E-state index contributed by atoms with van der Waals surface area (Å²) in [4.78, 5) is 25.7. The van der Waals surface area contributed by atoms with E-state index in [0.29, 0.717) is 46.1 Å². The second-order valence-electron chi connectivity index (χ2n) is 8.64. The summed E-state index contributed by atoms with van der Waals surface area (Å²) in [7, 11) is 0. The van der Waals surface area contributed by atoms with E-state index >= 15 is 0 Å². The Bertz CT molecular complexity index is 1680. The fourth-order valence-corrected chi connectivity index (χ4v) is 4.66. The van der Waals surface area contributed by atoms with E-state index in [1.54, 1.807) is 6.07 Å². The van der Waals surface area contributed by atoms with Crippen molar-refractivity contribution >= 4 is 16.9 Å². The third-order valence-electron chi connectivity index (χ3n) is 6.57. The van der Waals surface area contributed by atoms with Gasteiger partial charge in [-0.25, -0.2) is 9.36 Å². The molecule has 3 aromatic carbocycles. The molecule has 0 unspecified atom stereocenters. The topological polar surface area (TPSA) is 87.2 Å². The van der Waals surface area contributed by atoms with Gasteiger partial charge in [0.1, 0.15) is 17.9 Å². The highest BCUT2D eigenvalue weighted by Gasteiger charge is 2.31. The number of nitrogens with zero attached hydrogens (tertiary/aromatic N) is 3. The number of carbonyl (C=O) groups is 1. The van der Waals surface area contributed by atoms with Gasteiger partial charge in [0.25, 0.3) is 5.91 Å². The second-order valence-corrected chi connectivity index (χ2v) is 8.64. The molecule has 0 atom stereocenters. The van der Waals surface area contributed by atoms with Crippen LogP contribution in [0.4, 0.5) is 0 Å². The SMILES string of the molecule is Cc1c(Cc2ccccc2)c(=O)oc2c(C)c(OCc3nnc4n3C(=O)c3ccccc3-4)ccc12. The minimum absolute atomic E-state index is 0.0500. The summed E-state index contributed by atoms with van der Waals surface area (Å²) in [5, 5.41) is 9.23. The molecular formula is C28H21N3O4. The van der Waals surface area contributed by atoms with Gasteiger partial charge in [0.15, 0.2) is 11.6 Å². The summed E-state index contributed by atoms with van der Waals surface area (Å²) in [5.74, 6) is 1.32. The van der Waals surface area contributed by atoms with E-state index in [1.165, 1.54) is 4.57 Å². The zero-order chi connectivity index (χ0) is 24.1. The molecule has 0 saturated heterocycles. The van der Waals surface area contributed by atoms with Gasteiger partial charge in [-0.3, -0.25) is 4.79 Å². The summed E-state index contributed by atoms with van der Waals surface area (Å²) in [6.45, 7) is 3.85. The van der Waals surface area contributed by atoms with Crippen molar-refractivity contribution in [3.63, 3.8) is 0 Å². The van der Waals surface area contributed by atoms with Crippen LogP contribution in [0.25, 0.3) is 22.4 Å². The number of rotatable bonds is 5. The van der Waals surface area contributed by atoms with E-state index < -0.39 is 0 Å². The van der Waals surface area contributed by atoms with Gasteiger partial charge < -0.3 is 9.15 Å². The van der Waals surface area contributed by atoms with Crippen LogP contribution in [-0.2, 0) is 13.0 Å². The fraction of sp³-hybridized carbons (Fsp3) is 0.143. The van der Waals surface area contributed by atoms with Crippen LogP contribution in [0.2, 0.25) is 0 Å². The van der Waals surface area contributed by atoms with Crippen LogP contribution in [0.1, 0.15) is 38.4 Å². The van der Waals surface area contributed by atoms with Crippen LogP contribution in [0, 0.1) is 13.8 Å². The largest absolute Gasteiger partial charge is 0.485 e. The van der Waals surface area contributed by atoms with Crippen LogP contribution < -0.4 is 10.4 Å². The van der Waals surface area contributed by atoms with Crippen LogP contribution in [0.3, 0.4) is 0 Å². The molecule has 6 rings (SSSR count). The lowest BCUT2D eigenvalue weighted by molar-refractivity contribution is 0.0960. The number of fused-ring (bicyclic) bond motifs is 4. The standard InChI is InChI=1S/C28H21N3O4/c1-16-19-12-13-23(17(2)25(19)35-28(33)22(16)14-18-8-4-3-5-9-18)34-15-24-29-30-26-20-10-6-7-11-21(20)27(32)31(24)26/h3-13H,14-15H2,1-2H3. The first-order valence-corrected chi connectivity index (χ1v) is 11.3. The molecular weight excluding hydrogens is 442 g/mol. The fourth-order valence-electron chi connectivity index (χ4n) is 4.66. The van der Waals surface area contributed by atoms with E-state index in [1.807, 2.05) is 74.5 Å². The van der Waals surface area contributed by atoms with Gasteiger partial charge in [0, 0.05) is 28.5 Å². The maximum absolute atomic E-state index is 12.9. The van der Waals surface area contributed by atoms with E-state index in [-0.39, 0.29) is 18.1 Å². The van der Waals surface area contributed by atoms with E-state index in [9.17, 15) is 9.59 Å². The minimum Gasteiger partial charge on any atom is -0.485 e. The van der Waals surface area contributed by atoms with Gasteiger partial charge in [-0.15, -0.1) is 10.2 Å². The average molecular weight is 463 g/mol. The minimum atomic E-state index is -0.349. The molecule has 35 heavy (non-hydrogen) atoms. The number of aromatic nitrogens is 3. The number of hydrogen-bond donors (Lipinski definition) is 0. The molecule has 0 aliphatic carbocycles. The predicted molar refractivity (Wildman–Crippen MR) is 131 cm³/mol. The maximum atomic E-state index is 12.9. The molecule has 172 valence electrons. The van der Waals surface area contributed by atoms with Crippen molar-refractivity contribution in [1.29, 1.82) is 0 Å². The summed E-state index contributed by atoms with van der Waals surface area (Å²) < 4.78 is 13.3. The molecule has 1 aliphatic rings. The number of carbonyl (C=O) groups excluding carboxylic acids is 1. The Kier molecular flexibility index (Phi) is 4.84. The Labute approximate surface area is 200 Å². The molecule has 0 bridgehead atoms. The van der Waals surface area contributed by atoms with Crippen LogP contribution in [-0.4, -0.2) is 20.7 Å². The molecule has 0 radical (unpaired) electrons. The molecule has 3 heterocycles. The molecule has 0 spiro atoms. The third-order valence-corrected chi connectivity index (χ3v) is 6.57. The smallest absolute Gasteiger partial charge is 0.340 e. The first kappa shape index (κ1) is 21.0. The van der Waals surface area contributed by atoms with Gasteiger partial charge in [0.05, 0.1) is 5.56 Å². The van der Waals surface area contributed by atoms with Gasteiger partial charge in [-0.2, -0.15) is 0 Å². The van der Waals surface area contributed by atoms with Crippen LogP contribution in [0.15, 0.2) is 75.9 Å². The zero-order valence-corrected chi connectivity index (χ0v) is 19.2. The van der Waals surface area contributed by atoms with Gasteiger partial charge in [0.2, 0.25) is 0 Å². The lowest BCUT2D eigenvalue weighted by atomic mass is 9.98. The molecule has 2 aromatic heterocycles. The lowest BCUT2D eigenvalue weighted by Gasteiger charge is -2.13. The Balaban J connectivity index is 1.31. The van der Waals surface area contributed by atoms with Crippen molar-refractivity contribution in [2.75, 3.05) is 0 Å². The first-order valence-electron chi connectivity index (χ1n) is 11.3. The van der Waals surface area contributed by atoms with Crippen molar-refractivity contribution in [3.8, 4) is 17.1 Å². The molecule has 7 nitrogen and oxygen atoms in total. The van der Waals surface area contributed by atoms with E-state index in [0.717, 1.165) is 22.1 Å². The zero-order valence-electron chi connectivity index (χ0n) is 19.2. The van der Waals surface area contributed by atoms with E-state index in [2.05, 4.69) is 10.2 Å². The van der Waals surface area contributed by atoms with Crippen molar-refractivity contribution < 1.29 is 13.9 Å². The number of aryl methyl sites for hydroxylation is 2. The van der Waals surface area contributed by atoms with Crippen molar-refractivity contribution in [3.05, 3.63) is 111 Å². The Hall–Kier alpha value is -4.52. The highest BCUT2D eigenvalue weighted by molar-refractivity contribution is 6.08. The lowest BCUT2D eigenvalue weighted by Crippen LogP contribution is -2.13. The maximum Gasteiger partial charge on any atom is 0.340 e. The van der Waals surface area contributed by atoms with Crippen molar-refractivity contribution in [2.45, 2.75) is 26.9 Å². The molecule has 1 aliphatic heterocycles. The second kappa shape index (κ2) is 8.06. The van der Waals surface area contributed by atoms with Crippen LogP contribution in [0.5, 0.6) is 5.75 Å². The van der Waals surface area contributed by atoms with E-state index in [4.69, 9.17) is 9.15 Å². The molecule has 0 N–H and O–H groups in total. The Morgan fingerprint density at radius 3 is 2.40 bits per heavy atom. The summed E-state index contributed by atoms with van der Waals surface area (Å²) in [6, 6.07) is 20.9. The normalized spacial score (nSPS) is 12.1. The molecule has 5 aromatic rings. The van der Waals surface area contributed by atoms with Crippen LogP contribution >= 0.6 is 0 Å². The monoisotopic (exact) mass is 463 g/mol. The summed E-state index contributed by atoms with van der Waals surface area (Å²) in [5.41, 5.74) is 4.82. The Morgan fingerprint density at radius 2 is 1.60 bits per heavy atom. The number of benzene rings is 3. The van der Waals surface area contributed by atoms with Gasteiger partial charge in [-0.05, 0) is 43.2 Å². The van der Waals surface area contributed by atoms with Crippen molar-refractivity contribution in [2.24, 2.45) is 0 Å². The molecule has 0 fully saturated rings. The molecule has 0 saturated carbocycles. The quantitative estimate of drug-likeness (QED) is 0.340. The molecule has 7 heteroatoms. The number of ether oxygens (including phenoxy) is 1. The highest BCUT2D eigenvalue weighted by Crippen LogP contribution is 2.33.